The fourth-order valence-corrected chi connectivity index (χ4v) is 6.00. The lowest BCUT2D eigenvalue weighted by molar-refractivity contribution is -0.126. The van der Waals surface area contributed by atoms with E-state index in [9.17, 15) is 5.11 Å². The third-order valence-electron chi connectivity index (χ3n) is 6.54. The second-order valence-electron chi connectivity index (χ2n) is 8.06. The molecule has 4 bridgehead atoms. The first-order valence-electron chi connectivity index (χ1n) is 8.72. The Morgan fingerprint density at radius 2 is 1.65 bits per heavy atom. The Balaban J connectivity index is 1.43. The number of nitrogens with zero attached hydrogens (tertiary/aromatic N) is 1. The molecule has 0 radical (unpaired) electrons. The first-order valence-corrected chi connectivity index (χ1v) is 8.72. The third kappa shape index (κ3) is 2.42. The molecule has 5 aliphatic rings. The Bertz CT molecular complexity index is 314. The van der Waals surface area contributed by atoms with Crippen LogP contribution in [0.2, 0.25) is 0 Å². The van der Waals surface area contributed by atoms with Crippen molar-refractivity contribution in [3.63, 3.8) is 0 Å². The average Bonchev–Trinajstić information content (AvgIpc) is 2.65. The van der Waals surface area contributed by atoms with Crippen LogP contribution < -0.4 is 0 Å². The number of ether oxygens (including phenoxy) is 1. The maximum absolute atomic E-state index is 11.0. The van der Waals surface area contributed by atoms with E-state index in [1.54, 1.807) is 0 Å². The first kappa shape index (κ1) is 13.5. The van der Waals surface area contributed by atoms with Gasteiger partial charge in [-0.25, -0.2) is 0 Å². The van der Waals surface area contributed by atoms with Gasteiger partial charge in [-0.1, -0.05) is 0 Å². The van der Waals surface area contributed by atoms with E-state index in [0.29, 0.717) is 0 Å². The van der Waals surface area contributed by atoms with Crippen LogP contribution >= 0.6 is 0 Å². The fourth-order valence-electron chi connectivity index (χ4n) is 6.00. The standard InChI is InChI=1S/C17H29NO2/c19-16(12-18-2-1-4-20-5-3-18)17-9-13-6-14(10-17)8-15(7-13)11-17/h13-16,19H,1-12H2. The molecule has 1 aliphatic heterocycles. The fraction of sp³-hybridized carbons (Fsp3) is 1.00. The second-order valence-corrected chi connectivity index (χ2v) is 8.06. The summed E-state index contributed by atoms with van der Waals surface area (Å²) in [6.45, 7) is 4.72. The smallest absolute Gasteiger partial charge is 0.0723 e. The van der Waals surface area contributed by atoms with Crippen molar-refractivity contribution in [3.8, 4) is 0 Å². The molecule has 5 fully saturated rings. The number of hydrogen-bond donors (Lipinski definition) is 1. The molecule has 1 heterocycles. The summed E-state index contributed by atoms with van der Waals surface area (Å²) >= 11 is 0. The van der Waals surface area contributed by atoms with Crippen LogP contribution in [0.25, 0.3) is 0 Å². The lowest BCUT2D eigenvalue weighted by atomic mass is 9.48. The monoisotopic (exact) mass is 279 g/mol. The molecular formula is C17H29NO2. The number of hydrogen-bond acceptors (Lipinski definition) is 3. The first-order chi connectivity index (χ1) is 9.73. The largest absolute Gasteiger partial charge is 0.391 e. The zero-order chi connectivity index (χ0) is 13.6. The summed E-state index contributed by atoms with van der Waals surface area (Å²) in [4.78, 5) is 2.44. The molecule has 0 aromatic heterocycles. The predicted octanol–water partition coefficient (Wildman–Crippen LogP) is 2.29. The normalized spacial score (nSPS) is 46.4. The molecule has 4 saturated carbocycles. The summed E-state index contributed by atoms with van der Waals surface area (Å²) in [5, 5.41) is 11.0. The summed E-state index contributed by atoms with van der Waals surface area (Å²) in [5.74, 6) is 2.80. The van der Waals surface area contributed by atoms with Crippen molar-refractivity contribution in [2.45, 2.75) is 51.0 Å². The van der Waals surface area contributed by atoms with Gasteiger partial charge in [0.15, 0.2) is 0 Å². The van der Waals surface area contributed by atoms with E-state index in [2.05, 4.69) is 4.90 Å². The number of rotatable bonds is 3. The van der Waals surface area contributed by atoms with E-state index in [1.165, 1.54) is 38.5 Å². The van der Waals surface area contributed by atoms with Crippen LogP contribution in [-0.4, -0.2) is 49.0 Å². The summed E-state index contributed by atoms with van der Waals surface area (Å²) in [5.41, 5.74) is 0.280. The van der Waals surface area contributed by atoms with Gasteiger partial charge in [-0.2, -0.15) is 0 Å². The van der Waals surface area contributed by atoms with Gasteiger partial charge in [0.2, 0.25) is 0 Å². The van der Waals surface area contributed by atoms with Crippen molar-refractivity contribution < 1.29 is 9.84 Å². The molecule has 0 aromatic rings. The summed E-state index contributed by atoms with van der Waals surface area (Å²) in [6, 6.07) is 0. The Kier molecular flexibility index (Phi) is 3.56. The Labute approximate surface area is 122 Å². The van der Waals surface area contributed by atoms with Gasteiger partial charge in [-0.3, -0.25) is 4.90 Å². The predicted molar refractivity (Wildman–Crippen MR) is 78.5 cm³/mol. The van der Waals surface area contributed by atoms with Crippen LogP contribution in [-0.2, 0) is 4.74 Å². The van der Waals surface area contributed by atoms with E-state index in [0.717, 1.165) is 57.0 Å². The van der Waals surface area contributed by atoms with Gasteiger partial charge in [0.05, 0.1) is 12.7 Å². The zero-order valence-corrected chi connectivity index (χ0v) is 12.6. The molecule has 1 N–H and O–H groups in total. The topological polar surface area (TPSA) is 32.7 Å². The average molecular weight is 279 g/mol. The number of β-amino-alcohol motifs (C(OH)–C–C–N with tert-alkyl or cyclic N) is 1. The van der Waals surface area contributed by atoms with Crippen molar-refractivity contribution in [2.24, 2.45) is 23.2 Å². The third-order valence-corrected chi connectivity index (χ3v) is 6.54. The van der Waals surface area contributed by atoms with E-state index in [1.807, 2.05) is 0 Å². The van der Waals surface area contributed by atoms with Crippen molar-refractivity contribution in [1.82, 2.24) is 4.90 Å². The van der Waals surface area contributed by atoms with E-state index in [4.69, 9.17) is 4.74 Å². The molecule has 1 saturated heterocycles. The molecule has 114 valence electrons. The van der Waals surface area contributed by atoms with E-state index < -0.39 is 0 Å². The molecule has 20 heavy (non-hydrogen) atoms. The maximum atomic E-state index is 11.0. The molecule has 4 aliphatic carbocycles. The van der Waals surface area contributed by atoms with Gasteiger partial charge in [0.1, 0.15) is 0 Å². The minimum Gasteiger partial charge on any atom is -0.391 e. The highest BCUT2D eigenvalue weighted by atomic mass is 16.5. The van der Waals surface area contributed by atoms with Crippen molar-refractivity contribution in [1.29, 1.82) is 0 Å². The molecule has 1 atom stereocenters. The minimum atomic E-state index is -0.103. The lowest BCUT2D eigenvalue weighted by Crippen LogP contribution is -2.54. The van der Waals surface area contributed by atoms with E-state index in [-0.39, 0.29) is 11.5 Å². The summed E-state index contributed by atoms with van der Waals surface area (Å²) in [7, 11) is 0. The van der Waals surface area contributed by atoms with Gasteiger partial charge in [-0.15, -0.1) is 0 Å². The highest BCUT2D eigenvalue weighted by Crippen LogP contribution is 2.61. The quantitative estimate of drug-likeness (QED) is 0.860. The summed E-state index contributed by atoms with van der Waals surface area (Å²) in [6.07, 6.45) is 9.33. The molecule has 3 nitrogen and oxygen atoms in total. The van der Waals surface area contributed by atoms with Crippen molar-refractivity contribution in [2.75, 3.05) is 32.8 Å². The van der Waals surface area contributed by atoms with Crippen LogP contribution in [0.3, 0.4) is 0 Å². The number of aliphatic hydroxyl groups excluding tert-OH is 1. The van der Waals surface area contributed by atoms with Gasteiger partial charge in [0, 0.05) is 26.2 Å². The zero-order valence-electron chi connectivity index (χ0n) is 12.6. The van der Waals surface area contributed by atoms with Crippen LogP contribution in [0.1, 0.15) is 44.9 Å². The SMILES string of the molecule is OC(CN1CCCOCC1)C12CC3CC(CC(C3)C1)C2. The minimum absolute atomic E-state index is 0.103. The molecule has 0 aromatic carbocycles. The van der Waals surface area contributed by atoms with Crippen LogP contribution in [0.15, 0.2) is 0 Å². The van der Waals surface area contributed by atoms with Crippen molar-refractivity contribution in [3.05, 3.63) is 0 Å². The molecule has 0 amide bonds. The summed E-state index contributed by atoms with van der Waals surface area (Å²) < 4.78 is 5.53. The van der Waals surface area contributed by atoms with E-state index >= 15 is 0 Å². The molecule has 1 unspecified atom stereocenters. The van der Waals surface area contributed by atoms with Crippen LogP contribution in [0.4, 0.5) is 0 Å². The van der Waals surface area contributed by atoms with Gasteiger partial charge < -0.3 is 9.84 Å². The molecular weight excluding hydrogens is 250 g/mol. The Hall–Kier alpha value is -0.120. The Morgan fingerprint density at radius 1 is 1.00 bits per heavy atom. The highest BCUT2D eigenvalue weighted by molar-refractivity contribution is 5.04. The highest BCUT2D eigenvalue weighted by Gasteiger charge is 2.54. The molecule has 5 rings (SSSR count). The van der Waals surface area contributed by atoms with Gasteiger partial charge in [0.25, 0.3) is 0 Å². The second kappa shape index (κ2) is 5.26. The van der Waals surface area contributed by atoms with Gasteiger partial charge >= 0.3 is 0 Å². The molecule has 3 heteroatoms. The lowest BCUT2D eigenvalue weighted by Gasteiger charge is -2.58. The van der Waals surface area contributed by atoms with Crippen LogP contribution in [0.5, 0.6) is 0 Å². The van der Waals surface area contributed by atoms with Gasteiger partial charge in [-0.05, 0) is 68.1 Å². The van der Waals surface area contributed by atoms with Crippen molar-refractivity contribution >= 4 is 0 Å². The maximum Gasteiger partial charge on any atom is 0.0723 e. The Morgan fingerprint density at radius 3 is 2.30 bits per heavy atom. The molecule has 0 spiro atoms. The van der Waals surface area contributed by atoms with Crippen LogP contribution in [0, 0.1) is 23.2 Å². The number of aliphatic hydroxyl groups is 1.